The number of ketones is 2. The number of carbonyl (C=O) groups is 2. The molecule has 0 bridgehead atoms. The van der Waals surface area contributed by atoms with E-state index < -0.39 is 0 Å². The highest BCUT2D eigenvalue weighted by molar-refractivity contribution is 7.99. The lowest BCUT2D eigenvalue weighted by molar-refractivity contribution is 0.0965. The summed E-state index contributed by atoms with van der Waals surface area (Å²) in [5.74, 6) is 2.41. The summed E-state index contributed by atoms with van der Waals surface area (Å²) in [7, 11) is 0. The predicted molar refractivity (Wildman–Crippen MR) is 122 cm³/mol. The van der Waals surface area contributed by atoms with E-state index in [9.17, 15) is 9.59 Å². The Bertz CT molecular complexity index is 944. The average molecular weight is 407 g/mol. The molecule has 0 saturated carbocycles. The smallest absolute Gasteiger partial charge is 0.164 e. The third-order valence-electron chi connectivity index (χ3n) is 6.39. The highest BCUT2D eigenvalue weighted by Crippen LogP contribution is 2.34. The molecule has 0 spiro atoms. The molecule has 2 nitrogen and oxygen atoms in total. The maximum atomic E-state index is 12.6. The van der Waals surface area contributed by atoms with E-state index in [0.717, 1.165) is 36.1 Å². The molecule has 152 valence electrons. The van der Waals surface area contributed by atoms with Gasteiger partial charge in [0.15, 0.2) is 11.6 Å². The minimum Gasteiger partial charge on any atom is -0.294 e. The molecule has 0 aromatic heterocycles. The lowest BCUT2D eigenvalue weighted by Crippen LogP contribution is -2.23. The van der Waals surface area contributed by atoms with Crippen LogP contribution in [-0.2, 0) is 12.8 Å². The summed E-state index contributed by atoms with van der Waals surface area (Å²) in [5, 5.41) is 0.346. The van der Waals surface area contributed by atoms with E-state index in [4.69, 9.17) is 0 Å². The van der Waals surface area contributed by atoms with Gasteiger partial charge in [0.05, 0.1) is 0 Å². The van der Waals surface area contributed by atoms with Gasteiger partial charge in [-0.2, -0.15) is 11.8 Å². The van der Waals surface area contributed by atoms with Gasteiger partial charge < -0.3 is 0 Å². The van der Waals surface area contributed by atoms with Crippen molar-refractivity contribution in [3.05, 3.63) is 69.8 Å². The summed E-state index contributed by atoms with van der Waals surface area (Å²) in [6.07, 6.45) is 4.29. The maximum absolute atomic E-state index is 12.6. The number of benzene rings is 2. The zero-order valence-electron chi connectivity index (χ0n) is 17.7. The van der Waals surface area contributed by atoms with Crippen molar-refractivity contribution >= 4 is 23.3 Å². The van der Waals surface area contributed by atoms with Crippen molar-refractivity contribution in [1.29, 1.82) is 0 Å². The Morgan fingerprint density at radius 1 is 0.862 bits per heavy atom. The average Bonchev–Trinajstić information content (AvgIpc) is 2.71. The van der Waals surface area contributed by atoms with Crippen LogP contribution in [0.5, 0.6) is 0 Å². The van der Waals surface area contributed by atoms with Crippen molar-refractivity contribution in [2.45, 2.75) is 70.0 Å². The van der Waals surface area contributed by atoms with E-state index in [1.807, 2.05) is 17.8 Å². The fourth-order valence-corrected chi connectivity index (χ4v) is 5.81. The van der Waals surface area contributed by atoms with Crippen molar-refractivity contribution < 1.29 is 9.59 Å². The molecule has 2 aliphatic carbocycles. The Morgan fingerprint density at radius 2 is 1.66 bits per heavy atom. The molecule has 0 aliphatic heterocycles. The van der Waals surface area contributed by atoms with Crippen molar-refractivity contribution in [1.82, 2.24) is 0 Å². The van der Waals surface area contributed by atoms with Crippen LogP contribution in [0.15, 0.2) is 36.4 Å². The molecule has 0 fully saturated rings. The Hall–Kier alpha value is -1.87. The van der Waals surface area contributed by atoms with Gasteiger partial charge >= 0.3 is 0 Å². The largest absolute Gasteiger partial charge is 0.294 e. The molecule has 2 atom stereocenters. The van der Waals surface area contributed by atoms with Crippen LogP contribution in [0, 0.1) is 0 Å². The maximum Gasteiger partial charge on any atom is 0.164 e. The summed E-state index contributed by atoms with van der Waals surface area (Å²) in [5.41, 5.74) is 6.85. The van der Waals surface area contributed by atoms with Crippen molar-refractivity contribution in [3.63, 3.8) is 0 Å². The molecule has 2 aliphatic rings. The highest BCUT2D eigenvalue weighted by Gasteiger charge is 2.26. The normalized spacial score (nSPS) is 19.8. The Labute approximate surface area is 178 Å². The molecule has 0 radical (unpaired) electrons. The van der Waals surface area contributed by atoms with Gasteiger partial charge in [-0.25, -0.2) is 0 Å². The van der Waals surface area contributed by atoms with Gasteiger partial charge in [0, 0.05) is 35.0 Å². The molecule has 0 N–H and O–H groups in total. The number of Topliss-reactive ketones (excluding diaryl/α,β-unsaturated/α-hetero) is 2. The van der Waals surface area contributed by atoms with Gasteiger partial charge in [-0.15, -0.1) is 0 Å². The lowest BCUT2D eigenvalue weighted by Gasteiger charge is -2.26. The third kappa shape index (κ3) is 4.35. The first-order valence-electron chi connectivity index (χ1n) is 10.9. The van der Waals surface area contributed by atoms with E-state index in [1.54, 1.807) is 0 Å². The molecule has 29 heavy (non-hydrogen) atoms. The first-order chi connectivity index (χ1) is 13.9. The number of aryl methyl sites for hydroxylation is 1. The van der Waals surface area contributed by atoms with Crippen LogP contribution in [-0.4, -0.2) is 22.6 Å². The van der Waals surface area contributed by atoms with E-state index in [1.165, 1.54) is 22.3 Å². The molecule has 0 saturated heterocycles. The highest BCUT2D eigenvalue weighted by atomic mass is 32.2. The van der Waals surface area contributed by atoms with Crippen LogP contribution in [0.25, 0.3) is 0 Å². The van der Waals surface area contributed by atoms with E-state index in [2.05, 4.69) is 51.1 Å². The number of hydrogen-bond donors (Lipinski definition) is 0. The van der Waals surface area contributed by atoms with Crippen LogP contribution >= 0.6 is 11.8 Å². The molecule has 2 aromatic carbocycles. The summed E-state index contributed by atoms with van der Waals surface area (Å²) >= 11 is 1.91. The molecule has 3 heteroatoms. The molecule has 4 rings (SSSR count). The third-order valence-corrected chi connectivity index (χ3v) is 7.89. The monoisotopic (exact) mass is 406 g/mol. The van der Waals surface area contributed by atoms with Crippen molar-refractivity contribution in [3.8, 4) is 0 Å². The zero-order valence-corrected chi connectivity index (χ0v) is 18.5. The zero-order chi connectivity index (χ0) is 20.5. The molecular formula is C26H30O2S. The van der Waals surface area contributed by atoms with Gasteiger partial charge in [0.2, 0.25) is 0 Å². The number of thioether (sulfide) groups is 1. The van der Waals surface area contributed by atoms with Crippen LogP contribution in [0.4, 0.5) is 0 Å². The quantitative estimate of drug-likeness (QED) is 0.579. The molecule has 2 aromatic rings. The SMILES string of the molecule is CC(C)c1ccc2c(c1)CC(SCC(C)c1ccc3c(c1)C(=O)CCC3)CC2=O. The van der Waals surface area contributed by atoms with Crippen LogP contribution in [0.2, 0.25) is 0 Å². The minimum absolute atomic E-state index is 0.283. The summed E-state index contributed by atoms with van der Waals surface area (Å²) in [4.78, 5) is 24.9. The second kappa shape index (κ2) is 8.47. The molecule has 2 unspecified atom stereocenters. The number of hydrogen-bond acceptors (Lipinski definition) is 3. The Balaban J connectivity index is 1.43. The van der Waals surface area contributed by atoms with Crippen molar-refractivity contribution in [2.24, 2.45) is 0 Å². The number of carbonyl (C=O) groups excluding carboxylic acids is 2. The number of fused-ring (bicyclic) bond motifs is 2. The fourth-order valence-electron chi connectivity index (χ4n) is 4.49. The first-order valence-corrected chi connectivity index (χ1v) is 11.9. The second-order valence-electron chi connectivity index (χ2n) is 8.95. The summed E-state index contributed by atoms with van der Waals surface area (Å²) < 4.78 is 0. The Kier molecular flexibility index (Phi) is 5.96. The Morgan fingerprint density at radius 3 is 2.45 bits per heavy atom. The van der Waals surface area contributed by atoms with Crippen LogP contribution < -0.4 is 0 Å². The van der Waals surface area contributed by atoms with Gasteiger partial charge in [0.1, 0.15) is 0 Å². The van der Waals surface area contributed by atoms with Gasteiger partial charge in [-0.1, -0.05) is 51.1 Å². The number of rotatable bonds is 5. The fraction of sp³-hybridized carbons (Fsp3) is 0.462. The lowest BCUT2D eigenvalue weighted by atomic mass is 9.87. The topological polar surface area (TPSA) is 34.1 Å². The molecule has 0 amide bonds. The summed E-state index contributed by atoms with van der Waals surface area (Å²) in [6.45, 7) is 6.63. The molecular weight excluding hydrogens is 376 g/mol. The summed E-state index contributed by atoms with van der Waals surface area (Å²) in [6, 6.07) is 12.8. The van der Waals surface area contributed by atoms with Crippen LogP contribution in [0.1, 0.15) is 94.8 Å². The van der Waals surface area contributed by atoms with Gasteiger partial charge in [-0.3, -0.25) is 9.59 Å². The van der Waals surface area contributed by atoms with E-state index in [0.29, 0.717) is 35.7 Å². The second-order valence-corrected chi connectivity index (χ2v) is 10.3. The predicted octanol–water partition coefficient (Wildman–Crippen LogP) is 6.36. The van der Waals surface area contributed by atoms with Crippen molar-refractivity contribution in [2.75, 3.05) is 5.75 Å². The van der Waals surface area contributed by atoms with Gasteiger partial charge in [-0.05, 0) is 59.4 Å². The molecule has 0 heterocycles. The van der Waals surface area contributed by atoms with E-state index in [-0.39, 0.29) is 5.78 Å². The minimum atomic E-state index is 0.283. The first kappa shape index (κ1) is 20.4. The van der Waals surface area contributed by atoms with Gasteiger partial charge in [0.25, 0.3) is 0 Å². The van der Waals surface area contributed by atoms with E-state index >= 15 is 0 Å². The standard InChI is InChI=1S/C26H30O2S/c1-16(2)19-9-10-23-21(11-19)12-22(14-26(23)28)29-15-17(3)20-8-7-18-5-4-6-25(27)24(18)13-20/h7-11,13,16-17,22H,4-6,12,14-15H2,1-3H3. The van der Waals surface area contributed by atoms with Crippen LogP contribution in [0.3, 0.4) is 0 Å².